The number of hydrogen-bond acceptors (Lipinski definition) is 5. The van der Waals surface area contributed by atoms with Crippen LogP contribution in [0.2, 0.25) is 0 Å². The van der Waals surface area contributed by atoms with Gasteiger partial charge in [-0.25, -0.2) is 0 Å². The van der Waals surface area contributed by atoms with Crippen LogP contribution in [-0.4, -0.2) is 57.3 Å². The summed E-state index contributed by atoms with van der Waals surface area (Å²) in [6, 6.07) is -1.00. The Labute approximate surface area is 233 Å². The van der Waals surface area contributed by atoms with Gasteiger partial charge in [0, 0.05) is 0 Å². The molecular weight excluding hydrogens is 478 g/mol. The van der Waals surface area contributed by atoms with Gasteiger partial charge in [-0.3, -0.25) is 4.79 Å². The van der Waals surface area contributed by atoms with Crippen LogP contribution >= 0.6 is 0 Å². The van der Waals surface area contributed by atoms with E-state index < -0.39 is 36.9 Å². The van der Waals surface area contributed by atoms with Crippen LogP contribution in [0, 0.1) is 0 Å². The van der Waals surface area contributed by atoms with Crippen LogP contribution in [0.3, 0.4) is 0 Å². The number of carbonyl (C=O) groups is 1. The molecule has 1 amide bonds. The van der Waals surface area contributed by atoms with E-state index in [1.54, 1.807) is 0 Å². The molecule has 0 saturated heterocycles. The largest absolute Gasteiger partial charge is 0.394 e. The third-order valence-corrected chi connectivity index (χ3v) is 6.79. The van der Waals surface area contributed by atoms with Gasteiger partial charge in [0.1, 0.15) is 12.2 Å². The summed E-state index contributed by atoms with van der Waals surface area (Å²) in [6.45, 7) is 3.88. The first-order chi connectivity index (χ1) is 18.5. The van der Waals surface area contributed by atoms with Gasteiger partial charge < -0.3 is 25.7 Å². The summed E-state index contributed by atoms with van der Waals surface area (Å²) >= 11 is 0. The molecule has 0 aromatic heterocycles. The second kappa shape index (κ2) is 27.1. The second-order valence-electron chi connectivity index (χ2n) is 10.4. The number of unbranched alkanes of at least 4 members (excludes halogenated alkanes) is 11. The second-order valence-corrected chi connectivity index (χ2v) is 10.4. The SMILES string of the molecule is CCC/C=C/CC/C=C/CC/C=C/CCCC(O)C(O)C(CO)NC(=O)C(O)CCCCCCCCCC. The van der Waals surface area contributed by atoms with Crippen LogP contribution in [0.4, 0.5) is 0 Å². The summed E-state index contributed by atoms with van der Waals surface area (Å²) in [6.07, 6.45) is 27.4. The Morgan fingerprint density at radius 2 is 1.13 bits per heavy atom. The van der Waals surface area contributed by atoms with Crippen molar-refractivity contribution in [3.63, 3.8) is 0 Å². The number of allylic oxidation sites excluding steroid dienone is 6. The van der Waals surface area contributed by atoms with Crippen molar-refractivity contribution >= 4 is 5.91 Å². The normalized spacial score (nSPS) is 15.4. The minimum atomic E-state index is -1.29. The van der Waals surface area contributed by atoms with Gasteiger partial charge >= 0.3 is 0 Å². The van der Waals surface area contributed by atoms with Crippen LogP contribution < -0.4 is 5.32 Å². The fraction of sp³-hybridized carbons (Fsp3) is 0.781. The maximum Gasteiger partial charge on any atom is 0.249 e. The summed E-state index contributed by atoms with van der Waals surface area (Å²) < 4.78 is 0. The number of nitrogens with one attached hydrogen (secondary N) is 1. The molecule has 0 bridgehead atoms. The lowest BCUT2D eigenvalue weighted by atomic mass is 10.00. The molecule has 0 heterocycles. The Morgan fingerprint density at radius 3 is 1.66 bits per heavy atom. The predicted octanol–water partition coefficient (Wildman–Crippen LogP) is 6.28. The van der Waals surface area contributed by atoms with Gasteiger partial charge in [-0.05, 0) is 57.8 Å². The highest BCUT2D eigenvalue weighted by Crippen LogP contribution is 2.12. The highest BCUT2D eigenvalue weighted by atomic mass is 16.3. The number of aliphatic hydroxyl groups is 4. The Morgan fingerprint density at radius 1 is 0.632 bits per heavy atom. The Kier molecular flexibility index (Phi) is 26.1. The highest BCUT2D eigenvalue weighted by Gasteiger charge is 2.28. The highest BCUT2D eigenvalue weighted by molar-refractivity contribution is 5.80. The number of carbonyl (C=O) groups excluding carboxylic acids is 1. The minimum absolute atomic E-state index is 0.357. The molecule has 0 aromatic carbocycles. The van der Waals surface area contributed by atoms with E-state index in [0.717, 1.165) is 57.8 Å². The molecule has 0 aliphatic rings. The summed E-state index contributed by atoms with van der Waals surface area (Å²) in [5, 5.41) is 43.0. The summed E-state index contributed by atoms with van der Waals surface area (Å²) in [7, 11) is 0. The van der Waals surface area contributed by atoms with Gasteiger partial charge in [-0.15, -0.1) is 0 Å². The molecule has 0 rings (SSSR count). The molecule has 222 valence electrons. The number of hydrogen-bond donors (Lipinski definition) is 5. The first kappa shape index (κ1) is 36.5. The third-order valence-electron chi connectivity index (χ3n) is 6.79. The Bertz CT molecular complexity index is 619. The molecule has 0 fully saturated rings. The van der Waals surface area contributed by atoms with E-state index in [1.165, 1.54) is 38.5 Å². The van der Waals surface area contributed by atoms with Crippen LogP contribution in [-0.2, 0) is 4.79 Å². The molecule has 0 radical (unpaired) electrons. The number of aliphatic hydroxyl groups excluding tert-OH is 4. The molecule has 38 heavy (non-hydrogen) atoms. The van der Waals surface area contributed by atoms with Gasteiger partial charge in [0.15, 0.2) is 0 Å². The third kappa shape index (κ3) is 21.5. The van der Waals surface area contributed by atoms with Crippen molar-refractivity contribution in [1.82, 2.24) is 5.32 Å². The van der Waals surface area contributed by atoms with E-state index in [1.807, 2.05) is 0 Å². The first-order valence-electron chi connectivity index (χ1n) is 15.4. The first-order valence-corrected chi connectivity index (χ1v) is 15.4. The standard InChI is InChI=1S/C32H59NO5/c1-3-5-7-9-11-13-14-15-16-17-18-20-21-23-25-29(35)31(37)28(27-34)33-32(38)30(36)26-24-22-19-12-10-8-6-4-2/h7,9,14-15,18,20,28-31,34-37H,3-6,8,10-13,16-17,19,21-27H2,1-2H3,(H,33,38)/b9-7+,15-14+,20-18+. The van der Waals surface area contributed by atoms with Crippen molar-refractivity contribution in [2.45, 2.75) is 154 Å². The van der Waals surface area contributed by atoms with Crippen LogP contribution in [0.5, 0.6) is 0 Å². The molecule has 4 atom stereocenters. The molecule has 4 unspecified atom stereocenters. The minimum Gasteiger partial charge on any atom is -0.394 e. The summed E-state index contributed by atoms with van der Waals surface area (Å²) in [5.41, 5.74) is 0. The Hall–Kier alpha value is -1.47. The lowest BCUT2D eigenvalue weighted by molar-refractivity contribution is -0.132. The average Bonchev–Trinajstić information content (AvgIpc) is 2.92. The van der Waals surface area contributed by atoms with E-state index in [2.05, 4.69) is 55.6 Å². The van der Waals surface area contributed by atoms with E-state index in [4.69, 9.17) is 0 Å². The average molecular weight is 538 g/mol. The number of amides is 1. The monoisotopic (exact) mass is 537 g/mol. The van der Waals surface area contributed by atoms with Crippen LogP contribution in [0.15, 0.2) is 36.5 Å². The van der Waals surface area contributed by atoms with E-state index in [9.17, 15) is 25.2 Å². The van der Waals surface area contributed by atoms with Gasteiger partial charge in [0.05, 0.1) is 18.8 Å². The number of rotatable bonds is 26. The van der Waals surface area contributed by atoms with Crippen LogP contribution in [0.1, 0.15) is 129 Å². The predicted molar refractivity (Wildman–Crippen MR) is 159 cm³/mol. The van der Waals surface area contributed by atoms with Crippen molar-refractivity contribution in [2.24, 2.45) is 0 Å². The fourth-order valence-corrected chi connectivity index (χ4v) is 4.26. The Balaban J connectivity index is 4.02. The van der Waals surface area contributed by atoms with E-state index in [0.29, 0.717) is 19.3 Å². The molecule has 0 aliphatic carbocycles. The topological polar surface area (TPSA) is 110 Å². The molecule has 6 nitrogen and oxygen atoms in total. The molecule has 0 aromatic rings. The van der Waals surface area contributed by atoms with E-state index in [-0.39, 0.29) is 0 Å². The maximum atomic E-state index is 12.3. The lowest BCUT2D eigenvalue weighted by Crippen LogP contribution is -2.53. The lowest BCUT2D eigenvalue weighted by Gasteiger charge is -2.27. The van der Waals surface area contributed by atoms with Crippen molar-refractivity contribution in [2.75, 3.05) is 6.61 Å². The maximum absolute atomic E-state index is 12.3. The quantitative estimate of drug-likeness (QED) is 0.0659. The van der Waals surface area contributed by atoms with Crippen LogP contribution in [0.25, 0.3) is 0 Å². The summed E-state index contributed by atoms with van der Waals surface area (Å²) in [4.78, 5) is 12.3. The zero-order chi connectivity index (χ0) is 28.3. The van der Waals surface area contributed by atoms with Crippen molar-refractivity contribution in [3.8, 4) is 0 Å². The smallest absolute Gasteiger partial charge is 0.249 e. The molecule has 5 N–H and O–H groups in total. The van der Waals surface area contributed by atoms with Gasteiger partial charge in [-0.2, -0.15) is 0 Å². The zero-order valence-corrected chi connectivity index (χ0v) is 24.4. The zero-order valence-electron chi connectivity index (χ0n) is 24.4. The summed E-state index contributed by atoms with van der Waals surface area (Å²) in [5.74, 6) is -0.608. The molecule has 0 spiro atoms. The van der Waals surface area contributed by atoms with Gasteiger partial charge in [-0.1, -0.05) is 108 Å². The van der Waals surface area contributed by atoms with Crippen molar-refractivity contribution < 1.29 is 25.2 Å². The van der Waals surface area contributed by atoms with Crippen molar-refractivity contribution in [3.05, 3.63) is 36.5 Å². The van der Waals surface area contributed by atoms with Crippen molar-refractivity contribution in [1.29, 1.82) is 0 Å². The fourth-order valence-electron chi connectivity index (χ4n) is 4.26. The molecule has 0 saturated carbocycles. The van der Waals surface area contributed by atoms with Gasteiger partial charge in [0.25, 0.3) is 0 Å². The molecule has 0 aliphatic heterocycles. The molecule has 6 heteroatoms. The molecular formula is C32H59NO5. The van der Waals surface area contributed by atoms with Gasteiger partial charge in [0.2, 0.25) is 5.91 Å². The van der Waals surface area contributed by atoms with E-state index >= 15 is 0 Å².